The maximum atomic E-state index is 5.97. The van der Waals surface area contributed by atoms with Crippen molar-refractivity contribution in [2.45, 2.75) is 52.4 Å². The molecule has 4 heteroatoms. The molecule has 0 saturated carbocycles. The fourth-order valence-electron chi connectivity index (χ4n) is 3.07. The van der Waals surface area contributed by atoms with Crippen molar-refractivity contribution in [3.63, 3.8) is 0 Å². The van der Waals surface area contributed by atoms with Gasteiger partial charge in [0.25, 0.3) is 0 Å². The first-order chi connectivity index (χ1) is 9.33. The van der Waals surface area contributed by atoms with E-state index in [1.165, 1.54) is 39.3 Å². The van der Waals surface area contributed by atoms with E-state index < -0.39 is 0 Å². The maximum Gasteiger partial charge on any atom is 0.0835 e. The molecule has 20 heavy (non-hydrogen) atoms. The van der Waals surface area contributed by atoms with Gasteiger partial charge in [0.15, 0.2) is 0 Å². The second-order valence-corrected chi connectivity index (χ2v) is 7.58. The topological polar surface area (TPSA) is 19.0 Å². The van der Waals surface area contributed by atoms with Crippen LogP contribution in [0.1, 0.15) is 34.6 Å². The van der Waals surface area contributed by atoms with Gasteiger partial charge < -0.3 is 4.74 Å². The highest BCUT2D eigenvalue weighted by Crippen LogP contribution is 2.18. The number of hydrogen-bond donors (Lipinski definition) is 0. The Bertz CT molecular complexity index is 287. The molecule has 2 aliphatic rings. The SMILES string of the molecule is CC(C)N1CCN(CCN2CC(OC(C)(C)C)C2)CC1. The molecule has 0 amide bonds. The molecule has 0 aromatic heterocycles. The molecule has 0 radical (unpaired) electrons. The van der Waals surface area contributed by atoms with Gasteiger partial charge in [0.1, 0.15) is 0 Å². The van der Waals surface area contributed by atoms with E-state index in [4.69, 9.17) is 4.74 Å². The van der Waals surface area contributed by atoms with Crippen LogP contribution in [-0.4, -0.2) is 84.8 Å². The summed E-state index contributed by atoms with van der Waals surface area (Å²) in [4.78, 5) is 7.70. The third-order valence-corrected chi connectivity index (χ3v) is 4.31. The molecule has 2 saturated heterocycles. The molecule has 2 aliphatic heterocycles. The fraction of sp³-hybridized carbons (Fsp3) is 1.00. The molecule has 0 unspecified atom stereocenters. The Hall–Kier alpha value is -0.160. The second-order valence-electron chi connectivity index (χ2n) is 7.58. The highest BCUT2D eigenvalue weighted by molar-refractivity contribution is 4.84. The normalized spacial score (nSPS) is 24.3. The monoisotopic (exact) mass is 283 g/mol. The average molecular weight is 283 g/mol. The first kappa shape index (κ1) is 16.2. The van der Waals surface area contributed by atoms with Gasteiger partial charge >= 0.3 is 0 Å². The van der Waals surface area contributed by atoms with Crippen LogP contribution in [0.4, 0.5) is 0 Å². The smallest absolute Gasteiger partial charge is 0.0835 e. The molecule has 0 aliphatic carbocycles. The Balaban J connectivity index is 1.55. The Morgan fingerprint density at radius 1 is 0.950 bits per heavy atom. The molecule has 2 heterocycles. The van der Waals surface area contributed by atoms with Gasteiger partial charge in [-0.1, -0.05) is 0 Å². The van der Waals surface area contributed by atoms with E-state index in [9.17, 15) is 0 Å². The lowest BCUT2D eigenvalue weighted by atomic mass is 10.1. The molecule has 0 aromatic carbocycles. The van der Waals surface area contributed by atoms with E-state index in [2.05, 4.69) is 49.3 Å². The molecule has 4 nitrogen and oxygen atoms in total. The van der Waals surface area contributed by atoms with Crippen LogP contribution >= 0.6 is 0 Å². The Labute approximate surface area is 125 Å². The summed E-state index contributed by atoms with van der Waals surface area (Å²) in [6.07, 6.45) is 0.452. The number of hydrogen-bond acceptors (Lipinski definition) is 4. The third-order valence-electron chi connectivity index (χ3n) is 4.31. The van der Waals surface area contributed by atoms with E-state index in [0.29, 0.717) is 12.1 Å². The Morgan fingerprint density at radius 2 is 1.50 bits per heavy atom. The third kappa shape index (κ3) is 4.99. The molecule has 2 fully saturated rings. The Morgan fingerprint density at radius 3 is 2.00 bits per heavy atom. The Kier molecular flexibility index (Phi) is 5.46. The lowest BCUT2D eigenvalue weighted by Crippen LogP contribution is -2.57. The number of nitrogens with zero attached hydrogens (tertiary/aromatic N) is 3. The minimum Gasteiger partial charge on any atom is -0.370 e. The van der Waals surface area contributed by atoms with Crippen molar-refractivity contribution in [2.75, 3.05) is 52.4 Å². The number of piperazine rings is 1. The predicted octanol–water partition coefficient (Wildman–Crippen LogP) is 1.51. The molecule has 0 N–H and O–H groups in total. The van der Waals surface area contributed by atoms with E-state index >= 15 is 0 Å². The zero-order valence-electron chi connectivity index (χ0n) is 14.1. The summed E-state index contributed by atoms with van der Waals surface area (Å²) in [5, 5.41) is 0. The van der Waals surface area contributed by atoms with E-state index in [1.807, 2.05) is 0 Å². The molecule has 118 valence electrons. The lowest BCUT2D eigenvalue weighted by Gasteiger charge is -2.43. The van der Waals surface area contributed by atoms with Crippen LogP contribution in [0.25, 0.3) is 0 Å². The van der Waals surface area contributed by atoms with Crippen molar-refractivity contribution < 1.29 is 4.74 Å². The number of likely N-dealkylation sites (tertiary alicyclic amines) is 1. The zero-order valence-corrected chi connectivity index (χ0v) is 14.1. The van der Waals surface area contributed by atoms with Crippen molar-refractivity contribution in [3.05, 3.63) is 0 Å². The zero-order chi connectivity index (χ0) is 14.8. The summed E-state index contributed by atoms with van der Waals surface area (Å²) in [7, 11) is 0. The van der Waals surface area contributed by atoms with E-state index in [0.717, 1.165) is 13.1 Å². The number of rotatable bonds is 5. The van der Waals surface area contributed by atoms with E-state index in [1.54, 1.807) is 0 Å². The molecule has 0 spiro atoms. The van der Waals surface area contributed by atoms with Gasteiger partial charge in [0.05, 0.1) is 11.7 Å². The van der Waals surface area contributed by atoms with Gasteiger partial charge in [-0.3, -0.25) is 14.7 Å². The molecule has 0 aromatic rings. The maximum absolute atomic E-state index is 5.97. The largest absolute Gasteiger partial charge is 0.370 e. The van der Waals surface area contributed by atoms with Gasteiger partial charge in [-0.2, -0.15) is 0 Å². The summed E-state index contributed by atoms with van der Waals surface area (Å²) in [6.45, 7) is 20.6. The van der Waals surface area contributed by atoms with Crippen LogP contribution < -0.4 is 0 Å². The van der Waals surface area contributed by atoms with Gasteiger partial charge in [-0.15, -0.1) is 0 Å². The quantitative estimate of drug-likeness (QED) is 0.761. The first-order valence-electron chi connectivity index (χ1n) is 8.20. The minimum absolute atomic E-state index is 0.00390. The molecule has 0 bridgehead atoms. The van der Waals surface area contributed by atoms with Gasteiger partial charge in [-0.25, -0.2) is 0 Å². The van der Waals surface area contributed by atoms with Crippen molar-refractivity contribution in [3.8, 4) is 0 Å². The van der Waals surface area contributed by atoms with Crippen LogP contribution in [0, 0.1) is 0 Å². The molecule has 2 rings (SSSR count). The van der Waals surface area contributed by atoms with Crippen LogP contribution in [0.15, 0.2) is 0 Å². The van der Waals surface area contributed by atoms with Crippen molar-refractivity contribution in [2.24, 2.45) is 0 Å². The van der Waals surface area contributed by atoms with Gasteiger partial charge in [0.2, 0.25) is 0 Å². The van der Waals surface area contributed by atoms with Crippen molar-refractivity contribution in [1.29, 1.82) is 0 Å². The summed E-state index contributed by atoms with van der Waals surface area (Å²) < 4.78 is 5.97. The highest BCUT2D eigenvalue weighted by atomic mass is 16.5. The lowest BCUT2D eigenvalue weighted by molar-refractivity contribution is -0.124. The molecular formula is C16H33N3O. The first-order valence-corrected chi connectivity index (χ1v) is 8.20. The highest BCUT2D eigenvalue weighted by Gasteiger charge is 2.31. The summed E-state index contributed by atoms with van der Waals surface area (Å²) in [5.41, 5.74) is 0.00390. The van der Waals surface area contributed by atoms with Gasteiger partial charge in [-0.05, 0) is 34.6 Å². The van der Waals surface area contributed by atoms with Crippen LogP contribution in [0.3, 0.4) is 0 Å². The van der Waals surface area contributed by atoms with E-state index in [-0.39, 0.29) is 5.60 Å². The van der Waals surface area contributed by atoms with Gasteiger partial charge in [0, 0.05) is 58.4 Å². The predicted molar refractivity (Wildman–Crippen MR) is 84.2 cm³/mol. The fourth-order valence-corrected chi connectivity index (χ4v) is 3.07. The second kappa shape index (κ2) is 6.73. The van der Waals surface area contributed by atoms with Crippen molar-refractivity contribution >= 4 is 0 Å². The van der Waals surface area contributed by atoms with Crippen LogP contribution in [0.5, 0.6) is 0 Å². The van der Waals surface area contributed by atoms with Crippen LogP contribution in [0.2, 0.25) is 0 Å². The summed E-state index contributed by atoms with van der Waals surface area (Å²) >= 11 is 0. The molecule has 0 atom stereocenters. The summed E-state index contributed by atoms with van der Waals surface area (Å²) in [6, 6.07) is 0.697. The average Bonchev–Trinajstić information content (AvgIpc) is 2.31. The van der Waals surface area contributed by atoms with Crippen LogP contribution in [-0.2, 0) is 4.74 Å². The summed E-state index contributed by atoms with van der Waals surface area (Å²) in [5.74, 6) is 0. The minimum atomic E-state index is 0.00390. The number of ether oxygens (including phenoxy) is 1. The molecular weight excluding hydrogens is 250 g/mol. The van der Waals surface area contributed by atoms with Crippen molar-refractivity contribution in [1.82, 2.24) is 14.7 Å². The standard InChI is InChI=1S/C16H33N3O/c1-14(2)19-10-8-17(9-11-19)6-7-18-12-15(13-18)20-16(3,4)5/h14-15H,6-13H2,1-5H3.